The maximum absolute atomic E-state index is 11.8. The van der Waals surface area contributed by atoms with Crippen LogP contribution in [-0.2, 0) is 10.0 Å². The second kappa shape index (κ2) is 4.11. The normalized spacial score (nSPS) is 13.1. The Morgan fingerprint density at radius 2 is 2.00 bits per heavy atom. The molecule has 1 N–H and O–H groups in total. The fourth-order valence-corrected chi connectivity index (χ4v) is 3.15. The van der Waals surface area contributed by atoms with Crippen molar-refractivity contribution in [3.05, 3.63) is 17.0 Å². The molecule has 0 fully saturated rings. The number of hydrogen-bond donors (Lipinski definition) is 1. The van der Waals surface area contributed by atoms with Crippen molar-refractivity contribution in [2.75, 3.05) is 6.54 Å². The zero-order valence-corrected chi connectivity index (χ0v) is 9.26. The molecule has 86 valence electrons. The molecule has 1 aromatic heterocycles. The highest BCUT2D eigenvalue weighted by Crippen LogP contribution is 2.21. The molecule has 0 radical (unpaired) electrons. The molecule has 0 aromatic carbocycles. The minimum absolute atomic E-state index is 0.107. The number of aryl methyl sites for hydroxylation is 1. The summed E-state index contributed by atoms with van der Waals surface area (Å²) >= 11 is 0.927. The molecule has 1 aromatic rings. The molecular formula is C7H8F3NO2S2. The van der Waals surface area contributed by atoms with Gasteiger partial charge < -0.3 is 0 Å². The third-order valence-corrected chi connectivity index (χ3v) is 4.34. The Hall–Kier alpha value is -0.600. The van der Waals surface area contributed by atoms with Gasteiger partial charge in [0.15, 0.2) is 0 Å². The minimum atomic E-state index is -4.54. The van der Waals surface area contributed by atoms with Crippen LogP contribution in [0.2, 0.25) is 0 Å². The summed E-state index contributed by atoms with van der Waals surface area (Å²) in [5, 5.41) is 0. The van der Waals surface area contributed by atoms with Crippen LogP contribution in [0.4, 0.5) is 13.2 Å². The van der Waals surface area contributed by atoms with Crippen LogP contribution in [0.3, 0.4) is 0 Å². The van der Waals surface area contributed by atoms with Gasteiger partial charge in [-0.15, -0.1) is 11.3 Å². The van der Waals surface area contributed by atoms with Gasteiger partial charge in [-0.1, -0.05) is 0 Å². The molecule has 0 aliphatic carbocycles. The predicted molar refractivity (Wildman–Crippen MR) is 50.3 cm³/mol. The highest BCUT2D eigenvalue weighted by molar-refractivity contribution is 7.91. The Morgan fingerprint density at radius 1 is 1.40 bits per heavy atom. The lowest BCUT2D eigenvalue weighted by molar-refractivity contribution is -0.121. The van der Waals surface area contributed by atoms with E-state index in [1.807, 2.05) is 0 Å². The van der Waals surface area contributed by atoms with Crippen LogP contribution < -0.4 is 4.72 Å². The van der Waals surface area contributed by atoms with Gasteiger partial charge >= 0.3 is 6.18 Å². The zero-order chi connectivity index (χ0) is 11.7. The molecule has 1 rings (SSSR count). The standard InChI is InChI=1S/C7H8F3NO2S2/c1-5-2-3-6(14-5)15(12,13)11-4-7(8,9)10/h2-3,11H,4H2,1H3. The van der Waals surface area contributed by atoms with E-state index in [9.17, 15) is 21.6 Å². The number of nitrogens with one attached hydrogen (secondary N) is 1. The van der Waals surface area contributed by atoms with Crippen molar-refractivity contribution in [2.24, 2.45) is 0 Å². The van der Waals surface area contributed by atoms with Crippen molar-refractivity contribution in [2.45, 2.75) is 17.3 Å². The maximum atomic E-state index is 11.8. The fourth-order valence-electron chi connectivity index (χ4n) is 0.805. The Kier molecular flexibility index (Phi) is 3.41. The first kappa shape index (κ1) is 12.5. The van der Waals surface area contributed by atoms with Crippen molar-refractivity contribution >= 4 is 21.4 Å². The van der Waals surface area contributed by atoms with E-state index in [0.29, 0.717) is 0 Å². The number of alkyl halides is 3. The van der Waals surface area contributed by atoms with Crippen molar-refractivity contribution < 1.29 is 21.6 Å². The largest absolute Gasteiger partial charge is 0.402 e. The molecule has 0 saturated carbocycles. The van der Waals surface area contributed by atoms with E-state index < -0.39 is 22.7 Å². The number of rotatable bonds is 3. The summed E-state index contributed by atoms with van der Waals surface area (Å²) in [6.45, 7) is 0.125. The van der Waals surface area contributed by atoms with E-state index in [0.717, 1.165) is 16.2 Å². The summed E-state index contributed by atoms with van der Waals surface area (Å²) in [6, 6.07) is 2.81. The predicted octanol–water partition coefficient (Wildman–Crippen LogP) is 1.90. The smallest absolute Gasteiger partial charge is 0.206 e. The van der Waals surface area contributed by atoms with Gasteiger partial charge in [0, 0.05) is 4.88 Å². The van der Waals surface area contributed by atoms with Gasteiger partial charge in [0.2, 0.25) is 10.0 Å². The topological polar surface area (TPSA) is 46.2 Å². The molecule has 1 heterocycles. The molecule has 8 heteroatoms. The Morgan fingerprint density at radius 3 is 2.40 bits per heavy atom. The summed E-state index contributed by atoms with van der Waals surface area (Å²) < 4.78 is 59.3. The lowest BCUT2D eigenvalue weighted by Crippen LogP contribution is -2.33. The molecule has 0 saturated heterocycles. The van der Waals surface area contributed by atoms with E-state index in [1.54, 1.807) is 6.92 Å². The summed E-state index contributed by atoms with van der Waals surface area (Å²) in [4.78, 5) is 0.724. The van der Waals surface area contributed by atoms with Crippen LogP contribution in [0.1, 0.15) is 4.88 Å². The first-order chi connectivity index (χ1) is 6.71. The van der Waals surface area contributed by atoms with Gasteiger partial charge in [0.05, 0.1) is 0 Å². The van der Waals surface area contributed by atoms with Gasteiger partial charge in [-0.05, 0) is 19.1 Å². The SMILES string of the molecule is Cc1ccc(S(=O)(=O)NCC(F)(F)F)s1. The number of thiophene rings is 1. The van der Waals surface area contributed by atoms with Crippen LogP contribution in [0.25, 0.3) is 0 Å². The van der Waals surface area contributed by atoms with Crippen LogP contribution >= 0.6 is 11.3 Å². The molecule has 0 amide bonds. The monoisotopic (exact) mass is 259 g/mol. The minimum Gasteiger partial charge on any atom is -0.206 e. The number of hydrogen-bond acceptors (Lipinski definition) is 3. The lowest BCUT2D eigenvalue weighted by Gasteiger charge is -2.07. The van der Waals surface area contributed by atoms with E-state index in [2.05, 4.69) is 0 Å². The number of halogens is 3. The average molecular weight is 259 g/mol. The summed E-state index contributed by atoms with van der Waals surface area (Å²) in [6.07, 6.45) is -4.54. The van der Waals surface area contributed by atoms with Gasteiger partial charge in [0.1, 0.15) is 10.8 Å². The summed E-state index contributed by atoms with van der Waals surface area (Å²) in [7, 11) is -4.02. The molecule has 0 bridgehead atoms. The quantitative estimate of drug-likeness (QED) is 0.901. The Labute approximate surface area is 89.0 Å². The molecule has 0 unspecified atom stereocenters. The average Bonchev–Trinajstić information content (AvgIpc) is 2.48. The van der Waals surface area contributed by atoms with Crippen LogP contribution in [-0.4, -0.2) is 21.1 Å². The molecule has 15 heavy (non-hydrogen) atoms. The van der Waals surface area contributed by atoms with Gasteiger partial charge in [-0.3, -0.25) is 0 Å². The molecule has 0 aliphatic heterocycles. The molecular weight excluding hydrogens is 251 g/mol. The molecule has 0 aliphatic rings. The first-order valence-electron chi connectivity index (χ1n) is 3.83. The molecule has 3 nitrogen and oxygen atoms in total. The van der Waals surface area contributed by atoms with E-state index in [1.165, 1.54) is 16.9 Å². The third-order valence-electron chi connectivity index (χ3n) is 1.44. The van der Waals surface area contributed by atoms with E-state index >= 15 is 0 Å². The lowest BCUT2D eigenvalue weighted by atomic mass is 10.5. The fraction of sp³-hybridized carbons (Fsp3) is 0.429. The van der Waals surface area contributed by atoms with Crippen LogP contribution in [0.5, 0.6) is 0 Å². The summed E-state index contributed by atoms with van der Waals surface area (Å²) in [5.74, 6) is 0. The van der Waals surface area contributed by atoms with E-state index in [4.69, 9.17) is 0 Å². The van der Waals surface area contributed by atoms with E-state index in [-0.39, 0.29) is 4.21 Å². The maximum Gasteiger partial charge on any atom is 0.402 e. The van der Waals surface area contributed by atoms with Crippen molar-refractivity contribution in [3.63, 3.8) is 0 Å². The Balaban J connectivity index is 2.77. The van der Waals surface area contributed by atoms with Crippen molar-refractivity contribution in [1.29, 1.82) is 0 Å². The third kappa shape index (κ3) is 3.80. The molecule has 0 spiro atoms. The van der Waals surface area contributed by atoms with Crippen LogP contribution in [0.15, 0.2) is 16.3 Å². The Bertz CT molecular complexity index is 435. The van der Waals surface area contributed by atoms with Gasteiger partial charge in [-0.25, -0.2) is 13.1 Å². The first-order valence-corrected chi connectivity index (χ1v) is 6.13. The highest BCUT2D eigenvalue weighted by Gasteiger charge is 2.30. The van der Waals surface area contributed by atoms with Crippen molar-refractivity contribution in [1.82, 2.24) is 4.72 Å². The molecule has 0 atom stereocenters. The second-order valence-corrected chi connectivity index (χ2v) is 6.09. The zero-order valence-electron chi connectivity index (χ0n) is 7.63. The highest BCUT2D eigenvalue weighted by atomic mass is 32.2. The van der Waals surface area contributed by atoms with Gasteiger partial charge in [0.25, 0.3) is 0 Å². The summed E-state index contributed by atoms with van der Waals surface area (Å²) in [5.41, 5.74) is 0. The number of sulfonamides is 1. The van der Waals surface area contributed by atoms with Gasteiger partial charge in [-0.2, -0.15) is 13.2 Å². The second-order valence-electron chi connectivity index (χ2n) is 2.80. The van der Waals surface area contributed by atoms with Crippen LogP contribution in [0, 0.1) is 6.92 Å². The van der Waals surface area contributed by atoms with Crippen molar-refractivity contribution in [3.8, 4) is 0 Å².